The number of nitrogens with one attached hydrogen (secondary N) is 3. The Bertz CT molecular complexity index is 2060. The molecule has 0 saturated carbocycles. The highest BCUT2D eigenvalue weighted by Gasteiger charge is 2.35. The monoisotopic (exact) mass is 819 g/mol. The van der Waals surface area contributed by atoms with E-state index >= 15 is 0 Å². The number of nitrogens with two attached hydrogens (primary N) is 1. The summed E-state index contributed by atoms with van der Waals surface area (Å²) < 4.78 is 0.194. The van der Waals surface area contributed by atoms with Crippen molar-refractivity contribution in [3.8, 4) is 33.8 Å². The second-order valence-electron chi connectivity index (χ2n) is 12.9. The van der Waals surface area contributed by atoms with Crippen LogP contribution in [0.4, 0.5) is 0 Å². The number of phenolic OH excluding ortho intramolecular Hbond substituents is 2. The van der Waals surface area contributed by atoms with E-state index in [2.05, 4.69) is 31.9 Å². The summed E-state index contributed by atoms with van der Waals surface area (Å²) in [5.41, 5.74) is 8.60. The molecule has 13 nitrogen and oxygen atoms in total. The molecule has 0 radical (unpaired) electrons. The third-order valence-electron chi connectivity index (χ3n) is 9.10. The van der Waals surface area contributed by atoms with Gasteiger partial charge in [-0.1, -0.05) is 41.9 Å². The molecule has 0 aromatic heterocycles. The van der Waals surface area contributed by atoms with Crippen molar-refractivity contribution in [2.45, 2.75) is 43.8 Å². The first-order chi connectivity index (χ1) is 25.8. The molecule has 4 aromatic rings. The van der Waals surface area contributed by atoms with E-state index in [0.717, 1.165) is 16.0 Å². The lowest BCUT2D eigenvalue weighted by Gasteiger charge is -2.32. The van der Waals surface area contributed by atoms with Crippen molar-refractivity contribution in [3.63, 3.8) is 0 Å². The molecule has 4 bridgehead atoms. The van der Waals surface area contributed by atoms with Crippen molar-refractivity contribution in [2.75, 3.05) is 20.1 Å². The quantitative estimate of drug-likeness (QED) is 0.112. The molecule has 0 aliphatic carbocycles. The zero-order chi connectivity index (χ0) is 39.1. The van der Waals surface area contributed by atoms with Gasteiger partial charge in [-0.05, 0) is 113 Å². The number of carboxylic acids is 1. The van der Waals surface area contributed by atoms with Gasteiger partial charge in [-0.25, -0.2) is 4.79 Å². The van der Waals surface area contributed by atoms with Gasteiger partial charge in [0.05, 0.1) is 11.0 Å². The second kappa shape index (κ2) is 17.6. The number of carbonyl (C=O) groups excluding carboxylic acids is 4. The van der Waals surface area contributed by atoms with E-state index in [4.69, 9.17) is 17.3 Å². The first-order valence-corrected chi connectivity index (χ1v) is 18.2. The highest BCUT2D eigenvalue weighted by molar-refractivity contribution is 9.10. The minimum absolute atomic E-state index is 0.0917. The van der Waals surface area contributed by atoms with Crippen LogP contribution in [-0.2, 0) is 25.6 Å². The van der Waals surface area contributed by atoms with E-state index in [-0.39, 0.29) is 45.5 Å². The highest BCUT2D eigenvalue weighted by Crippen LogP contribution is 2.42. The fraction of sp³-hybridized carbons (Fsp3) is 0.256. The van der Waals surface area contributed by atoms with Crippen LogP contribution in [0.25, 0.3) is 22.3 Å². The number of aliphatic carboxylic acids is 1. The fourth-order valence-corrected chi connectivity index (χ4v) is 6.87. The number of hydrogen-bond acceptors (Lipinski definition) is 8. The molecule has 0 spiro atoms. The molecule has 1 aliphatic rings. The van der Waals surface area contributed by atoms with E-state index in [0.29, 0.717) is 35.5 Å². The minimum Gasteiger partial charge on any atom is -0.507 e. The number of amides is 4. The van der Waals surface area contributed by atoms with E-state index in [1.54, 1.807) is 36.4 Å². The molecule has 5 rings (SSSR count). The van der Waals surface area contributed by atoms with Crippen LogP contribution in [-0.4, -0.2) is 82.0 Å². The van der Waals surface area contributed by atoms with Gasteiger partial charge in [0.25, 0.3) is 5.91 Å². The zero-order valence-corrected chi connectivity index (χ0v) is 31.5. The SMILES string of the molecule is CN(C(=O)[C@H](CCCCN)NC(=O)c1ccc(-c2ccc(Cl)cc2)cc1)C1C(=O)NCC(=O)N[C@H](C(=O)O)Cc2cc(Br)c(O)c(c2)-c2cc1ccc2O. The molecule has 1 aliphatic heterocycles. The Morgan fingerprint density at radius 2 is 1.63 bits per heavy atom. The first kappa shape index (κ1) is 39.8. The average molecular weight is 821 g/mol. The summed E-state index contributed by atoms with van der Waals surface area (Å²) >= 11 is 9.30. The maximum absolute atomic E-state index is 14.3. The summed E-state index contributed by atoms with van der Waals surface area (Å²) in [5, 5.41) is 40.1. The van der Waals surface area contributed by atoms with Crippen LogP contribution in [0.2, 0.25) is 5.02 Å². The van der Waals surface area contributed by atoms with Gasteiger partial charge in [0, 0.05) is 35.2 Å². The van der Waals surface area contributed by atoms with Gasteiger partial charge in [0.1, 0.15) is 29.6 Å². The summed E-state index contributed by atoms with van der Waals surface area (Å²) in [6.07, 6.45) is 1.06. The molecular formula is C39H39BrClN5O8. The number of unbranched alkanes of at least 4 members (excludes halogenated alkanes) is 1. The number of aromatic hydroxyl groups is 2. The predicted octanol–water partition coefficient (Wildman–Crippen LogP) is 4.52. The van der Waals surface area contributed by atoms with E-state index in [1.807, 2.05) is 12.1 Å². The molecule has 0 saturated heterocycles. The molecule has 282 valence electrons. The Balaban J connectivity index is 1.50. The lowest BCUT2D eigenvalue weighted by atomic mass is 9.93. The van der Waals surface area contributed by atoms with Crippen LogP contribution in [0, 0.1) is 0 Å². The Labute approximate surface area is 324 Å². The Morgan fingerprint density at radius 3 is 2.28 bits per heavy atom. The molecule has 1 unspecified atom stereocenters. The molecular weight excluding hydrogens is 782 g/mol. The van der Waals surface area contributed by atoms with Crippen molar-refractivity contribution in [1.82, 2.24) is 20.9 Å². The number of benzene rings is 4. The van der Waals surface area contributed by atoms with Crippen molar-refractivity contribution < 1.29 is 39.3 Å². The lowest BCUT2D eigenvalue weighted by molar-refractivity contribution is -0.142. The molecule has 54 heavy (non-hydrogen) atoms. The second-order valence-corrected chi connectivity index (χ2v) is 14.2. The molecule has 1 heterocycles. The number of carboxylic acid groups (broad SMARTS) is 1. The third-order valence-corrected chi connectivity index (χ3v) is 9.96. The van der Waals surface area contributed by atoms with E-state index in [9.17, 15) is 39.3 Å². The smallest absolute Gasteiger partial charge is 0.326 e. The zero-order valence-electron chi connectivity index (χ0n) is 29.1. The number of likely N-dealkylation sites (N-methyl/N-ethyl adjacent to an activating group) is 1. The normalized spacial score (nSPS) is 16.3. The number of halogens is 2. The van der Waals surface area contributed by atoms with Crippen LogP contribution < -0.4 is 21.7 Å². The van der Waals surface area contributed by atoms with Crippen LogP contribution in [0.1, 0.15) is 46.8 Å². The molecule has 8 N–H and O–H groups in total. The summed E-state index contributed by atoms with van der Waals surface area (Å²) in [7, 11) is 1.38. The summed E-state index contributed by atoms with van der Waals surface area (Å²) in [6.45, 7) is -0.258. The number of rotatable bonds is 10. The largest absolute Gasteiger partial charge is 0.507 e. The van der Waals surface area contributed by atoms with Gasteiger partial charge in [-0.2, -0.15) is 0 Å². The summed E-state index contributed by atoms with van der Waals surface area (Å²) in [6, 6.07) is 17.3. The van der Waals surface area contributed by atoms with Crippen LogP contribution in [0.15, 0.2) is 83.3 Å². The van der Waals surface area contributed by atoms with Gasteiger partial charge in [0.2, 0.25) is 17.7 Å². The number of hydrogen-bond donors (Lipinski definition) is 7. The van der Waals surface area contributed by atoms with Gasteiger partial charge in [0.15, 0.2) is 0 Å². The standard InChI is InChI=1S/C39H39BrClN5O8/c1-46(38(52)30(4-2-3-15-42)45-36(50)24-7-5-22(6-8-24)23-9-12-26(41)13-10-23)34-25-11-14-32(47)27(19-25)28-16-21(17-29(40)35(28)49)18-31(39(53)54)44-33(48)20-43-37(34)51/h5-14,16-17,19,30-31,34,47,49H,2-4,15,18,20,42H2,1H3,(H,43,51)(H,44,48)(H,45,50)(H,53,54)/t30-,31-,34?/m0/s1. The molecule has 0 fully saturated rings. The average Bonchev–Trinajstić information content (AvgIpc) is 3.15. The van der Waals surface area contributed by atoms with Crippen LogP contribution in [0.3, 0.4) is 0 Å². The Kier molecular flexibility index (Phi) is 13.0. The van der Waals surface area contributed by atoms with Crippen LogP contribution >= 0.6 is 27.5 Å². The van der Waals surface area contributed by atoms with Gasteiger partial charge in [-0.15, -0.1) is 0 Å². The highest BCUT2D eigenvalue weighted by atomic mass is 79.9. The van der Waals surface area contributed by atoms with Gasteiger partial charge >= 0.3 is 5.97 Å². The molecule has 4 amide bonds. The fourth-order valence-electron chi connectivity index (χ4n) is 6.24. The van der Waals surface area contributed by atoms with Gasteiger partial charge in [-0.3, -0.25) is 19.2 Å². The first-order valence-electron chi connectivity index (χ1n) is 17.1. The maximum atomic E-state index is 14.3. The van der Waals surface area contributed by atoms with Crippen LogP contribution in [0.5, 0.6) is 11.5 Å². The Hall–Kier alpha value is -5.44. The number of phenols is 2. The summed E-state index contributed by atoms with van der Waals surface area (Å²) in [5.74, 6) is -4.62. The van der Waals surface area contributed by atoms with E-state index in [1.165, 1.54) is 37.4 Å². The number of fused-ring (bicyclic) bond motifs is 5. The van der Waals surface area contributed by atoms with Crippen molar-refractivity contribution in [2.24, 2.45) is 5.73 Å². The lowest BCUT2D eigenvalue weighted by Crippen LogP contribution is -2.52. The molecule has 4 aromatic carbocycles. The minimum atomic E-state index is -1.41. The van der Waals surface area contributed by atoms with Crippen molar-refractivity contribution >= 4 is 57.1 Å². The maximum Gasteiger partial charge on any atom is 0.326 e. The van der Waals surface area contributed by atoms with Gasteiger partial charge < -0.3 is 41.9 Å². The topological polar surface area (TPSA) is 211 Å². The Morgan fingerprint density at radius 1 is 0.963 bits per heavy atom. The predicted molar refractivity (Wildman–Crippen MR) is 206 cm³/mol. The van der Waals surface area contributed by atoms with Crippen molar-refractivity contribution in [1.29, 1.82) is 0 Å². The molecule has 15 heteroatoms. The number of nitrogens with zero attached hydrogens (tertiary/aromatic N) is 1. The molecule has 3 atom stereocenters. The van der Waals surface area contributed by atoms with E-state index < -0.39 is 54.3 Å². The summed E-state index contributed by atoms with van der Waals surface area (Å²) in [4.78, 5) is 67.9. The van der Waals surface area contributed by atoms with Crippen molar-refractivity contribution in [3.05, 3.63) is 105 Å². The number of carbonyl (C=O) groups is 5. The third kappa shape index (κ3) is 9.37.